The van der Waals surface area contributed by atoms with E-state index in [1.807, 2.05) is 54.0 Å². The summed E-state index contributed by atoms with van der Waals surface area (Å²) in [5.41, 5.74) is 3.56. The number of rotatable bonds is 6. The molecule has 0 saturated heterocycles. The number of hydrogen-bond donors (Lipinski definition) is 1. The Morgan fingerprint density at radius 2 is 1.88 bits per heavy atom. The molecule has 3 aromatic carbocycles. The smallest absolute Gasteiger partial charge is 0.234 e. The number of nitrogens with one attached hydrogen (secondary N) is 1. The molecule has 9 heteroatoms. The van der Waals surface area contributed by atoms with E-state index in [1.54, 1.807) is 18.2 Å². The lowest BCUT2D eigenvalue weighted by atomic mass is 10.1. The van der Waals surface area contributed by atoms with Crippen LogP contribution in [-0.4, -0.2) is 33.2 Å². The maximum absolute atomic E-state index is 12.6. The molecule has 1 aliphatic heterocycles. The first-order valence-electron chi connectivity index (χ1n) is 10.2. The third-order valence-electron chi connectivity index (χ3n) is 4.98. The Labute approximate surface area is 199 Å². The monoisotopic (exact) mass is 478 g/mol. The largest absolute Gasteiger partial charge is 0.454 e. The topological polar surface area (TPSA) is 78.3 Å². The van der Waals surface area contributed by atoms with Crippen molar-refractivity contribution in [2.45, 2.75) is 12.1 Å². The Balaban J connectivity index is 1.38. The van der Waals surface area contributed by atoms with Crippen LogP contribution in [0, 0.1) is 6.92 Å². The average molecular weight is 479 g/mol. The van der Waals surface area contributed by atoms with Crippen molar-refractivity contribution < 1.29 is 14.3 Å². The molecule has 166 valence electrons. The van der Waals surface area contributed by atoms with Crippen LogP contribution in [0.1, 0.15) is 5.56 Å². The molecule has 0 fully saturated rings. The van der Waals surface area contributed by atoms with Gasteiger partial charge in [0.25, 0.3) is 0 Å². The zero-order chi connectivity index (χ0) is 22.8. The first kappa shape index (κ1) is 21.4. The number of hydrogen-bond acceptors (Lipinski definition) is 6. The van der Waals surface area contributed by atoms with Gasteiger partial charge in [-0.2, -0.15) is 0 Å². The Bertz CT molecular complexity index is 1320. The van der Waals surface area contributed by atoms with Crippen LogP contribution in [-0.2, 0) is 4.79 Å². The normalized spacial score (nSPS) is 12.1. The summed E-state index contributed by atoms with van der Waals surface area (Å²) in [7, 11) is 0. The van der Waals surface area contributed by atoms with Crippen LogP contribution >= 0.6 is 23.4 Å². The Morgan fingerprint density at radius 3 is 2.70 bits per heavy atom. The fourth-order valence-corrected chi connectivity index (χ4v) is 4.34. The molecule has 1 N–H and O–H groups in total. The minimum absolute atomic E-state index is 0.161. The molecule has 0 radical (unpaired) electrons. The predicted molar refractivity (Wildman–Crippen MR) is 128 cm³/mol. The molecule has 0 atom stereocenters. The van der Waals surface area contributed by atoms with Gasteiger partial charge in [0.1, 0.15) is 0 Å². The van der Waals surface area contributed by atoms with Crippen LogP contribution in [0.25, 0.3) is 17.1 Å². The quantitative estimate of drug-likeness (QED) is 0.376. The van der Waals surface area contributed by atoms with E-state index in [4.69, 9.17) is 21.1 Å². The van der Waals surface area contributed by atoms with Crippen molar-refractivity contribution in [3.63, 3.8) is 0 Å². The minimum atomic E-state index is -0.165. The number of aryl methyl sites for hydroxylation is 1. The lowest BCUT2D eigenvalue weighted by Crippen LogP contribution is -2.14. The van der Waals surface area contributed by atoms with Crippen molar-refractivity contribution in [2.75, 3.05) is 17.9 Å². The van der Waals surface area contributed by atoms with Crippen LogP contribution in [0.5, 0.6) is 11.5 Å². The number of carbonyl (C=O) groups is 1. The third-order valence-corrected chi connectivity index (χ3v) is 6.16. The molecule has 5 rings (SSSR count). The van der Waals surface area contributed by atoms with E-state index in [0.29, 0.717) is 33.2 Å². The van der Waals surface area contributed by atoms with Gasteiger partial charge in [0.05, 0.1) is 5.75 Å². The maximum Gasteiger partial charge on any atom is 0.234 e. The number of benzene rings is 3. The maximum atomic E-state index is 12.6. The molecular weight excluding hydrogens is 460 g/mol. The summed E-state index contributed by atoms with van der Waals surface area (Å²) in [6, 6.07) is 20.8. The zero-order valence-electron chi connectivity index (χ0n) is 17.6. The summed E-state index contributed by atoms with van der Waals surface area (Å²) in [6.45, 7) is 2.22. The lowest BCUT2D eigenvalue weighted by Gasteiger charge is -2.11. The van der Waals surface area contributed by atoms with E-state index in [-0.39, 0.29) is 18.5 Å². The number of fused-ring (bicyclic) bond motifs is 1. The molecule has 1 aliphatic rings. The van der Waals surface area contributed by atoms with Crippen molar-refractivity contribution in [3.8, 4) is 28.6 Å². The van der Waals surface area contributed by atoms with Crippen LogP contribution in [0.4, 0.5) is 5.69 Å². The SMILES string of the molecule is Cc1cccc(-c2nnc(SCC(=O)Nc3ccc4c(c3)OCO4)n2-c2ccc(Cl)cc2)c1. The molecule has 33 heavy (non-hydrogen) atoms. The van der Waals surface area contributed by atoms with Gasteiger partial charge >= 0.3 is 0 Å². The Morgan fingerprint density at radius 1 is 1.06 bits per heavy atom. The summed E-state index contributed by atoms with van der Waals surface area (Å²) in [4.78, 5) is 12.6. The molecule has 1 amide bonds. The van der Waals surface area contributed by atoms with E-state index >= 15 is 0 Å². The van der Waals surface area contributed by atoms with Crippen molar-refractivity contribution in [1.82, 2.24) is 14.8 Å². The number of anilines is 1. The second kappa shape index (κ2) is 9.17. The molecule has 0 aliphatic carbocycles. The molecule has 0 saturated carbocycles. The highest BCUT2D eigenvalue weighted by molar-refractivity contribution is 7.99. The highest BCUT2D eigenvalue weighted by atomic mass is 35.5. The summed E-state index contributed by atoms with van der Waals surface area (Å²) in [6.07, 6.45) is 0. The number of carbonyl (C=O) groups excluding carboxylic acids is 1. The van der Waals surface area contributed by atoms with Gasteiger partial charge in [-0.05, 0) is 49.4 Å². The summed E-state index contributed by atoms with van der Waals surface area (Å²) >= 11 is 7.40. The Kier molecular flexibility index (Phi) is 5.93. The second-order valence-electron chi connectivity index (χ2n) is 7.39. The van der Waals surface area contributed by atoms with Crippen LogP contribution in [0.2, 0.25) is 5.02 Å². The number of thioether (sulfide) groups is 1. The molecule has 0 bridgehead atoms. The van der Waals surface area contributed by atoms with Crippen molar-refractivity contribution in [3.05, 3.63) is 77.3 Å². The first-order valence-corrected chi connectivity index (χ1v) is 11.5. The standard InChI is InChI=1S/C24H19ClN4O3S/c1-15-3-2-4-16(11-15)23-27-28-24(29(23)19-8-5-17(25)6-9-19)33-13-22(30)26-18-7-10-20-21(12-18)32-14-31-20/h2-12H,13-14H2,1H3,(H,26,30). The van der Waals surface area contributed by atoms with Gasteiger partial charge in [-0.3, -0.25) is 9.36 Å². The summed E-state index contributed by atoms with van der Waals surface area (Å²) < 4.78 is 12.6. The highest BCUT2D eigenvalue weighted by Gasteiger charge is 2.18. The Hall–Kier alpha value is -3.49. The fourth-order valence-electron chi connectivity index (χ4n) is 3.46. The van der Waals surface area contributed by atoms with Crippen LogP contribution in [0.15, 0.2) is 71.9 Å². The summed E-state index contributed by atoms with van der Waals surface area (Å²) in [5, 5.41) is 12.9. The molecule has 0 unspecified atom stereocenters. The van der Waals surface area contributed by atoms with Crippen LogP contribution in [0.3, 0.4) is 0 Å². The van der Waals surface area contributed by atoms with Crippen LogP contribution < -0.4 is 14.8 Å². The van der Waals surface area contributed by atoms with Gasteiger partial charge in [-0.25, -0.2) is 0 Å². The number of amides is 1. The zero-order valence-corrected chi connectivity index (χ0v) is 19.2. The van der Waals surface area contributed by atoms with Gasteiger partial charge in [0.2, 0.25) is 12.7 Å². The van der Waals surface area contributed by atoms with Gasteiger partial charge in [0.15, 0.2) is 22.5 Å². The molecule has 7 nitrogen and oxygen atoms in total. The number of halogens is 1. The van der Waals surface area contributed by atoms with E-state index in [9.17, 15) is 4.79 Å². The van der Waals surface area contributed by atoms with E-state index in [1.165, 1.54) is 11.8 Å². The highest BCUT2D eigenvalue weighted by Crippen LogP contribution is 2.34. The molecule has 0 spiro atoms. The van der Waals surface area contributed by atoms with Gasteiger partial charge in [-0.15, -0.1) is 10.2 Å². The van der Waals surface area contributed by atoms with Crippen molar-refractivity contribution in [1.29, 1.82) is 0 Å². The molecule has 4 aromatic rings. The number of ether oxygens (including phenoxy) is 2. The van der Waals surface area contributed by atoms with E-state index in [0.717, 1.165) is 16.8 Å². The van der Waals surface area contributed by atoms with Gasteiger partial charge in [0, 0.05) is 28.0 Å². The lowest BCUT2D eigenvalue weighted by molar-refractivity contribution is -0.113. The van der Waals surface area contributed by atoms with E-state index in [2.05, 4.69) is 21.6 Å². The molecule has 2 heterocycles. The number of aromatic nitrogens is 3. The van der Waals surface area contributed by atoms with Gasteiger partial charge in [-0.1, -0.05) is 47.1 Å². The van der Waals surface area contributed by atoms with Crippen molar-refractivity contribution >= 4 is 35.0 Å². The predicted octanol–water partition coefficient (Wildman–Crippen LogP) is 5.36. The third kappa shape index (κ3) is 4.67. The van der Waals surface area contributed by atoms with Crippen molar-refractivity contribution in [2.24, 2.45) is 0 Å². The molecular formula is C24H19ClN4O3S. The second-order valence-corrected chi connectivity index (χ2v) is 8.77. The fraction of sp³-hybridized carbons (Fsp3) is 0.125. The van der Waals surface area contributed by atoms with Gasteiger partial charge < -0.3 is 14.8 Å². The minimum Gasteiger partial charge on any atom is -0.454 e. The number of nitrogens with zero attached hydrogens (tertiary/aromatic N) is 3. The average Bonchev–Trinajstić information content (AvgIpc) is 3.45. The van der Waals surface area contributed by atoms with E-state index < -0.39 is 0 Å². The first-order chi connectivity index (χ1) is 16.1. The summed E-state index contributed by atoms with van der Waals surface area (Å²) in [5.74, 6) is 1.97. The molecule has 1 aromatic heterocycles.